The quantitative estimate of drug-likeness (QED) is 0.816. The highest BCUT2D eigenvalue weighted by atomic mass is 32.1. The van der Waals surface area contributed by atoms with E-state index < -0.39 is 12.0 Å². The maximum Gasteiger partial charge on any atom is 0.326 e. The van der Waals surface area contributed by atoms with Gasteiger partial charge in [-0.05, 0) is 24.3 Å². The number of hydrogen-bond acceptors (Lipinski definition) is 4. The summed E-state index contributed by atoms with van der Waals surface area (Å²) >= 11 is 1.52. The fraction of sp³-hybridized carbons (Fsp3) is 0.353. The zero-order valence-electron chi connectivity index (χ0n) is 12.6. The molecule has 1 aliphatic carbocycles. The first kappa shape index (κ1) is 15.7. The predicted molar refractivity (Wildman–Crippen MR) is 87.4 cm³/mol. The second-order valence-corrected chi connectivity index (χ2v) is 6.74. The van der Waals surface area contributed by atoms with E-state index in [0.29, 0.717) is 5.69 Å². The van der Waals surface area contributed by atoms with Gasteiger partial charge in [0.1, 0.15) is 6.04 Å². The summed E-state index contributed by atoms with van der Waals surface area (Å²) in [5.41, 5.74) is 1.87. The average Bonchev–Trinajstić information content (AvgIpc) is 3.27. The van der Waals surface area contributed by atoms with E-state index in [0.717, 1.165) is 24.3 Å². The Hall–Kier alpha value is -2.21. The van der Waals surface area contributed by atoms with Gasteiger partial charge in [0.05, 0.1) is 17.1 Å². The largest absolute Gasteiger partial charge is 0.480 e. The summed E-state index contributed by atoms with van der Waals surface area (Å²) in [6, 6.07) is 9.27. The molecule has 1 atom stereocenters. The van der Waals surface area contributed by atoms with Crippen molar-refractivity contribution in [1.29, 1.82) is 0 Å². The standard InChI is InChI=1S/C17H18N2O3S/c20-14(19-16(17(21)22)12-6-7-12)9-13-10-23-15(18-13)8-11-4-2-1-3-5-11/h1-5,10,12,16H,6-9H2,(H,19,20)(H,21,22). The number of nitrogens with one attached hydrogen (secondary N) is 1. The van der Waals surface area contributed by atoms with Crippen molar-refractivity contribution in [2.45, 2.75) is 31.7 Å². The Morgan fingerprint density at radius 1 is 1.30 bits per heavy atom. The molecule has 6 heteroatoms. The summed E-state index contributed by atoms with van der Waals surface area (Å²) in [6.45, 7) is 0. The molecular formula is C17H18N2O3S. The molecule has 1 aromatic heterocycles. The summed E-state index contributed by atoms with van der Waals surface area (Å²) in [6.07, 6.45) is 2.61. The number of hydrogen-bond donors (Lipinski definition) is 2. The number of amides is 1. The minimum atomic E-state index is -0.955. The van der Waals surface area contributed by atoms with Crippen molar-refractivity contribution in [3.05, 3.63) is 52.0 Å². The topological polar surface area (TPSA) is 79.3 Å². The van der Waals surface area contributed by atoms with E-state index in [1.807, 2.05) is 35.7 Å². The number of carbonyl (C=O) groups excluding carboxylic acids is 1. The van der Waals surface area contributed by atoms with E-state index in [1.165, 1.54) is 16.9 Å². The van der Waals surface area contributed by atoms with E-state index in [9.17, 15) is 9.59 Å². The third-order valence-corrected chi connectivity index (χ3v) is 4.71. The van der Waals surface area contributed by atoms with Gasteiger partial charge in [-0.15, -0.1) is 11.3 Å². The molecule has 3 rings (SSSR count). The fourth-order valence-electron chi connectivity index (χ4n) is 2.48. The van der Waals surface area contributed by atoms with Crippen LogP contribution in [0.2, 0.25) is 0 Å². The van der Waals surface area contributed by atoms with E-state index in [4.69, 9.17) is 5.11 Å². The summed E-state index contributed by atoms with van der Waals surface area (Å²) in [4.78, 5) is 27.6. The Morgan fingerprint density at radius 3 is 2.70 bits per heavy atom. The minimum Gasteiger partial charge on any atom is -0.480 e. The van der Waals surface area contributed by atoms with Gasteiger partial charge in [-0.3, -0.25) is 4.79 Å². The van der Waals surface area contributed by atoms with Crippen LogP contribution >= 0.6 is 11.3 Å². The third kappa shape index (κ3) is 4.39. The first-order chi connectivity index (χ1) is 11.1. The lowest BCUT2D eigenvalue weighted by Gasteiger charge is -2.12. The normalized spacial score (nSPS) is 15.1. The molecule has 23 heavy (non-hydrogen) atoms. The molecule has 1 saturated carbocycles. The zero-order valence-corrected chi connectivity index (χ0v) is 13.4. The van der Waals surface area contributed by atoms with E-state index in [2.05, 4.69) is 10.3 Å². The van der Waals surface area contributed by atoms with Crippen molar-refractivity contribution in [1.82, 2.24) is 10.3 Å². The van der Waals surface area contributed by atoms with Gasteiger partial charge in [-0.25, -0.2) is 9.78 Å². The summed E-state index contributed by atoms with van der Waals surface area (Å²) < 4.78 is 0. The maximum atomic E-state index is 12.0. The summed E-state index contributed by atoms with van der Waals surface area (Å²) in [7, 11) is 0. The third-order valence-electron chi connectivity index (χ3n) is 3.82. The molecule has 1 aromatic carbocycles. The number of carbonyl (C=O) groups is 2. The smallest absolute Gasteiger partial charge is 0.326 e. The number of thiazole rings is 1. The zero-order chi connectivity index (χ0) is 16.2. The molecule has 1 aliphatic rings. The second kappa shape index (κ2) is 6.91. The minimum absolute atomic E-state index is 0.0838. The molecule has 2 aromatic rings. The highest BCUT2D eigenvalue weighted by Crippen LogP contribution is 2.32. The van der Waals surface area contributed by atoms with Crippen molar-refractivity contribution < 1.29 is 14.7 Å². The lowest BCUT2D eigenvalue weighted by Crippen LogP contribution is -2.43. The molecule has 1 unspecified atom stereocenters. The lowest BCUT2D eigenvalue weighted by molar-refractivity contribution is -0.142. The van der Waals surface area contributed by atoms with Gasteiger partial charge in [0.25, 0.3) is 0 Å². The van der Waals surface area contributed by atoms with Crippen LogP contribution in [-0.2, 0) is 22.4 Å². The molecule has 2 N–H and O–H groups in total. The molecular weight excluding hydrogens is 312 g/mol. The summed E-state index contributed by atoms with van der Waals surface area (Å²) in [5.74, 6) is -1.15. The first-order valence-corrected chi connectivity index (χ1v) is 8.49. The van der Waals surface area contributed by atoms with Crippen LogP contribution in [0.25, 0.3) is 0 Å². The van der Waals surface area contributed by atoms with Crippen LogP contribution < -0.4 is 5.32 Å². The van der Waals surface area contributed by atoms with Crippen LogP contribution in [0.3, 0.4) is 0 Å². The molecule has 0 saturated heterocycles. The fourth-order valence-corrected chi connectivity index (χ4v) is 3.31. The molecule has 0 bridgehead atoms. The Kier molecular flexibility index (Phi) is 4.71. The monoisotopic (exact) mass is 330 g/mol. The summed E-state index contributed by atoms with van der Waals surface area (Å²) in [5, 5.41) is 14.6. The van der Waals surface area contributed by atoms with Crippen molar-refractivity contribution in [3.8, 4) is 0 Å². The van der Waals surface area contributed by atoms with Crippen molar-refractivity contribution in [2.75, 3.05) is 0 Å². The molecule has 5 nitrogen and oxygen atoms in total. The number of rotatable bonds is 7. The van der Waals surface area contributed by atoms with Gasteiger partial charge in [-0.2, -0.15) is 0 Å². The maximum absolute atomic E-state index is 12.0. The van der Waals surface area contributed by atoms with Gasteiger partial charge in [-0.1, -0.05) is 30.3 Å². The number of carboxylic acid groups (broad SMARTS) is 1. The molecule has 0 aliphatic heterocycles. The van der Waals surface area contributed by atoms with Crippen LogP contribution in [0.4, 0.5) is 0 Å². The number of aromatic nitrogens is 1. The van der Waals surface area contributed by atoms with Crippen molar-refractivity contribution >= 4 is 23.2 Å². The molecule has 120 valence electrons. The molecule has 1 heterocycles. The second-order valence-electron chi connectivity index (χ2n) is 5.79. The van der Waals surface area contributed by atoms with Crippen LogP contribution in [0.1, 0.15) is 29.1 Å². The van der Waals surface area contributed by atoms with Crippen LogP contribution in [0.5, 0.6) is 0 Å². The predicted octanol–water partition coefficient (Wildman–Crippen LogP) is 2.26. The van der Waals surface area contributed by atoms with E-state index in [1.54, 1.807) is 0 Å². The van der Waals surface area contributed by atoms with Gasteiger partial charge >= 0.3 is 5.97 Å². The van der Waals surface area contributed by atoms with E-state index in [-0.39, 0.29) is 18.2 Å². The number of benzene rings is 1. The van der Waals surface area contributed by atoms with Crippen LogP contribution in [0.15, 0.2) is 35.7 Å². The van der Waals surface area contributed by atoms with Gasteiger partial charge in [0.2, 0.25) is 5.91 Å². The van der Waals surface area contributed by atoms with E-state index >= 15 is 0 Å². The van der Waals surface area contributed by atoms with Crippen molar-refractivity contribution in [2.24, 2.45) is 5.92 Å². The SMILES string of the molecule is O=C(Cc1csc(Cc2ccccc2)n1)NC(C(=O)O)C1CC1. The average molecular weight is 330 g/mol. The lowest BCUT2D eigenvalue weighted by atomic mass is 10.1. The highest BCUT2D eigenvalue weighted by Gasteiger charge is 2.37. The Morgan fingerprint density at radius 2 is 2.04 bits per heavy atom. The number of carboxylic acids is 1. The highest BCUT2D eigenvalue weighted by molar-refractivity contribution is 7.09. The molecule has 0 radical (unpaired) electrons. The number of nitrogens with zero attached hydrogens (tertiary/aromatic N) is 1. The number of aliphatic carboxylic acids is 1. The van der Waals surface area contributed by atoms with Crippen LogP contribution in [0, 0.1) is 5.92 Å². The molecule has 1 fully saturated rings. The molecule has 0 spiro atoms. The Balaban J connectivity index is 1.56. The van der Waals surface area contributed by atoms with Crippen LogP contribution in [-0.4, -0.2) is 28.0 Å². The van der Waals surface area contributed by atoms with Gasteiger partial charge in [0.15, 0.2) is 0 Å². The van der Waals surface area contributed by atoms with Gasteiger partial charge < -0.3 is 10.4 Å². The van der Waals surface area contributed by atoms with Gasteiger partial charge in [0, 0.05) is 11.8 Å². The molecule has 1 amide bonds. The Bertz CT molecular complexity index is 695. The Labute approximate surface area is 138 Å². The first-order valence-electron chi connectivity index (χ1n) is 7.61. The van der Waals surface area contributed by atoms with Crippen molar-refractivity contribution in [3.63, 3.8) is 0 Å².